The number of hydrogen-bond acceptors (Lipinski definition) is 4. The zero-order valence-electron chi connectivity index (χ0n) is 21.2. The average Bonchev–Trinajstić information content (AvgIpc) is 3.00. The number of rotatable bonds is 8. The molecule has 0 N–H and O–H groups in total. The van der Waals surface area contributed by atoms with Crippen LogP contribution in [0.25, 0.3) is 10.9 Å². The maximum Gasteiger partial charge on any atom is 0.311 e. The van der Waals surface area contributed by atoms with Gasteiger partial charge in [0.25, 0.3) is 0 Å². The second kappa shape index (κ2) is 9.84. The molecule has 0 bridgehead atoms. The lowest BCUT2D eigenvalue weighted by Gasteiger charge is -2.26. The Kier molecular flexibility index (Phi) is 7.52. The molecule has 178 valence electrons. The van der Waals surface area contributed by atoms with Crippen LogP contribution in [0.4, 0.5) is 0 Å². The van der Waals surface area contributed by atoms with Crippen molar-refractivity contribution in [2.24, 2.45) is 5.41 Å². The number of benzene rings is 2. The van der Waals surface area contributed by atoms with Crippen molar-refractivity contribution >= 4 is 28.6 Å². The van der Waals surface area contributed by atoms with E-state index in [1.54, 1.807) is 7.11 Å². The van der Waals surface area contributed by atoms with Crippen molar-refractivity contribution < 1.29 is 14.3 Å². The van der Waals surface area contributed by atoms with Crippen molar-refractivity contribution in [1.82, 2.24) is 4.57 Å². The smallest absolute Gasteiger partial charge is 0.311 e. The molecule has 0 aliphatic carbocycles. The highest BCUT2D eigenvalue weighted by Crippen LogP contribution is 2.44. The van der Waals surface area contributed by atoms with Crippen LogP contribution >= 0.6 is 11.8 Å². The first kappa shape index (κ1) is 25.2. The fraction of sp³-hybridized carbons (Fsp3) is 0.464. The normalized spacial score (nSPS) is 12.2. The van der Waals surface area contributed by atoms with Gasteiger partial charge in [-0.2, -0.15) is 0 Å². The van der Waals surface area contributed by atoms with E-state index in [-0.39, 0.29) is 10.7 Å². The first-order valence-electron chi connectivity index (χ1n) is 11.6. The van der Waals surface area contributed by atoms with Crippen LogP contribution in [-0.4, -0.2) is 29.0 Å². The number of ether oxygens (including phenoxy) is 2. The molecular formula is C28H37NO3S. The summed E-state index contributed by atoms with van der Waals surface area (Å²) in [4.78, 5) is 14.0. The maximum absolute atomic E-state index is 12.8. The third-order valence-electron chi connectivity index (χ3n) is 5.63. The predicted octanol–water partition coefficient (Wildman–Crippen LogP) is 7.03. The lowest BCUT2D eigenvalue weighted by Crippen LogP contribution is -2.30. The van der Waals surface area contributed by atoms with Gasteiger partial charge in [-0.15, -0.1) is 11.8 Å². The Morgan fingerprint density at radius 1 is 1.03 bits per heavy atom. The molecule has 3 rings (SSSR count). The van der Waals surface area contributed by atoms with Gasteiger partial charge < -0.3 is 14.0 Å². The van der Waals surface area contributed by atoms with E-state index >= 15 is 0 Å². The fourth-order valence-corrected chi connectivity index (χ4v) is 5.14. The summed E-state index contributed by atoms with van der Waals surface area (Å²) in [7, 11) is 1.70. The molecule has 33 heavy (non-hydrogen) atoms. The Bertz CT molecular complexity index is 1120. The van der Waals surface area contributed by atoms with Crippen molar-refractivity contribution in [3.05, 3.63) is 59.3 Å². The lowest BCUT2D eigenvalue weighted by molar-refractivity contribution is -0.153. The van der Waals surface area contributed by atoms with Crippen LogP contribution in [0.5, 0.6) is 5.75 Å². The van der Waals surface area contributed by atoms with Gasteiger partial charge in [0.15, 0.2) is 0 Å². The Hall–Kier alpha value is -2.40. The summed E-state index contributed by atoms with van der Waals surface area (Å²) in [6.07, 6.45) is 0.590. The molecule has 1 heterocycles. The van der Waals surface area contributed by atoms with Gasteiger partial charge in [-0.25, -0.2) is 0 Å². The third-order valence-corrected chi connectivity index (χ3v) is 6.91. The summed E-state index contributed by atoms with van der Waals surface area (Å²) in [6, 6.07) is 14.9. The molecule has 0 spiro atoms. The SMILES string of the molecule is CCOC(=O)C(C)(C)Cc1c(SC(C)(C)C)c2cc(OC)ccc2n1Cc1ccc(C)cc1. The number of nitrogens with zero attached hydrogens (tertiary/aromatic N) is 1. The van der Waals surface area contributed by atoms with Crippen LogP contribution in [0.1, 0.15) is 58.4 Å². The molecule has 4 nitrogen and oxygen atoms in total. The number of methoxy groups -OCH3 is 1. The minimum atomic E-state index is -0.646. The highest BCUT2D eigenvalue weighted by Gasteiger charge is 2.34. The third kappa shape index (κ3) is 5.94. The van der Waals surface area contributed by atoms with E-state index in [1.165, 1.54) is 16.0 Å². The molecule has 0 aliphatic rings. The molecular weight excluding hydrogens is 430 g/mol. The minimum Gasteiger partial charge on any atom is -0.497 e. The second-order valence-corrected chi connectivity index (χ2v) is 12.1. The van der Waals surface area contributed by atoms with Crippen LogP contribution < -0.4 is 4.74 Å². The van der Waals surface area contributed by atoms with Crippen molar-refractivity contribution in [1.29, 1.82) is 0 Å². The number of hydrogen-bond donors (Lipinski definition) is 0. The molecule has 1 aromatic heterocycles. The molecule has 0 saturated heterocycles. The number of fused-ring (bicyclic) bond motifs is 1. The standard InChI is InChI=1S/C28H37NO3S/c1-9-32-26(30)28(6,7)17-24-25(33-27(3,4)5)22-16-21(31-8)14-15-23(22)29(24)18-20-12-10-19(2)11-13-20/h10-16H,9,17-18H2,1-8H3. The Balaban J connectivity index is 2.24. The van der Waals surface area contributed by atoms with E-state index in [4.69, 9.17) is 9.47 Å². The maximum atomic E-state index is 12.8. The second-order valence-electron chi connectivity index (χ2n) is 10.2. The Morgan fingerprint density at radius 3 is 2.27 bits per heavy atom. The monoisotopic (exact) mass is 467 g/mol. The van der Waals surface area contributed by atoms with E-state index < -0.39 is 5.41 Å². The highest BCUT2D eigenvalue weighted by atomic mass is 32.2. The van der Waals surface area contributed by atoms with Crippen LogP contribution in [0.3, 0.4) is 0 Å². The summed E-state index contributed by atoms with van der Waals surface area (Å²) in [5.74, 6) is 0.670. The molecule has 0 atom stereocenters. The lowest BCUT2D eigenvalue weighted by atomic mass is 9.87. The minimum absolute atomic E-state index is 0.00880. The average molecular weight is 468 g/mol. The molecule has 0 amide bonds. The van der Waals surface area contributed by atoms with Crippen molar-refractivity contribution in [2.45, 2.75) is 71.1 Å². The van der Waals surface area contributed by atoms with Crippen molar-refractivity contribution in [3.63, 3.8) is 0 Å². The molecule has 5 heteroatoms. The topological polar surface area (TPSA) is 40.5 Å². The number of thioether (sulfide) groups is 1. The number of aromatic nitrogens is 1. The van der Waals surface area contributed by atoms with Gasteiger partial charge >= 0.3 is 5.97 Å². The van der Waals surface area contributed by atoms with Gasteiger partial charge in [0, 0.05) is 39.2 Å². The van der Waals surface area contributed by atoms with Gasteiger partial charge in [0.1, 0.15) is 5.75 Å². The number of aryl methyl sites for hydroxylation is 1. The largest absolute Gasteiger partial charge is 0.497 e. The van der Waals surface area contributed by atoms with Gasteiger partial charge in [-0.05, 0) is 51.5 Å². The zero-order valence-corrected chi connectivity index (χ0v) is 22.1. The number of carbonyl (C=O) groups is 1. The van der Waals surface area contributed by atoms with Gasteiger partial charge in [0.2, 0.25) is 0 Å². The first-order valence-corrected chi connectivity index (χ1v) is 12.4. The number of esters is 1. The predicted molar refractivity (Wildman–Crippen MR) is 138 cm³/mol. The zero-order chi connectivity index (χ0) is 24.4. The van der Waals surface area contributed by atoms with Crippen molar-refractivity contribution in [2.75, 3.05) is 13.7 Å². The van der Waals surface area contributed by atoms with Crippen LogP contribution in [0, 0.1) is 12.3 Å². The Morgan fingerprint density at radius 2 is 1.70 bits per heavy atom. The first-order chi connectivity index (χ1) is 15.4. The summed E-state index contributed by atoms with van der Waals surface area (Å²) >= 11 is 1.85. The summed E-state index contributed by atoms with van der Waals surface area (Å²) in [6.45, 7) is 15.7. The van der Waals surface area contributed by atoms with E-state index in [2.05, 4.69) is 68.7 Å². The molecule has 0 saturated carbocycles. The van der Waals surface area contributed by atoms with Gasteiger partial charge in [-0.3, -0.25) is 4.79 Å². The van der Waals surface area contributed by atoms with Gasteiger partial charge in [-0.1, -0.05) is 50.6 Å². The molecule has 0 fully saturated rings. The van der Waals surface area contributed by atoms with E-state index in [0.717, 1.165) is 28.9 Å². The fourth-order valence-electron chi connectivity index (χ4n) is 3.95. The quantitative estimate of drug-likeness (QED) is 0.263. The molecule has 3 aromatic rings. The van der Waals surface area contributed by atoms with Crippen LogP contribution in [-0.2, 0) is 22.5 Å². The van der Waals surface area contributed by atoms with Crippen LogP contribution in [0.2, 0.25) is 0 Å². The van der Waals surface area contributed by atoms with E-state index in [1.807, 2.05) is 38.6 Å². The highest BCUT2D eigenvalue weighted by molar-refractivity contribution is 8.00. The summed E-state index contributed by atoms with van der Waals surface area (Å²) < 4.78 is 13.4. The van der Waals surface area contributed by atoms with Gasteiger partial charge in [0.05, 0.1) is 19.1 Å². The van der Waals surface area contributed by atoms with E-state index in [9.17, 15) is 4.79 Å². The van der Waals surface area contributed by atoms with E-state index in [0.29, 0.717) is 13.0 Å². The van der Waals surface area contributed by atoms with Crippen molar-refractivity contribution in [3.8, 4) is 5.75 Å². The van der Waals surface area contributed by atoms with Crippen LogP contribution in [0.15, 0.2) is 47.4 Å². The summed E-state index contributed by atoms with van der Waals surface area (Å²) in [5.41, 5.74) is 4.14. The molecule has 0 radical (unpaired) electrons. The molecule has 0 aliphatic heterocycles. The number of carbonyl (C=O) groups excluding carboxylic acids is 1. The summed E-state index contributed by atoms with van der Waals surface area (Å²) in [5, 5.41) is 1.16. The Labute approximate surface area is 202 Å². The molecule has 2 aromatic carbocycles. The molecule has 0 unspecified atom stereocenters.